The number of benzene rings is 3. The summed E-state index contributed by atoms with van der Waals surface area (Å²) in [7, 11) is -2.48. The molecule has 9 heteroatoms. The Morgan fingerprint density at radius 2 is 1.68 bits per heavy atom. The summed E-state index contributed by atoms with van der Waals surface area (Å²) in [6, 6.07) is 21.3. The van der Waals surface area contributed by atoms with Crippen molar-refractivity contribution in [1.82, 2.24) is 5.43 Å². The third-order valence-electron chi connectivity index (χ3n) is 4.28. The molecule has 0 aliphatic carbocycles. The van der Waals surface area contributed by atoms with Crippen LogP contribution in [-0.2, 0) is 14.8 Å². The number of ether oxygens (including phenoxy) is 1. The van der Waals surface area contributed by atoms with Gasteiger partial charge in [-0.25, -0.2) is 13.8 Å². The first-order valence-electron chi connectivity index (χ1n) is 9.20. The van der Waals surface area contributed by atoms with E-state index >= 15 is 0 Å². The molecule has 1 amide bonds. The Labute approximate surface area is 186 Å². The molecule has 0 aromatic heterocycles. The van der Waals surface area contributed by atoms with Gasteiger partial charge in [-0.3, -0.25) is 9.10 Å². The van der Waals surface area contributed by atoms with Crippen molar-refractivity contribution in [3.05, 3.63) is 89.4 Å². The third-order valence-corrected chi connectivity index (χ3v) is 6.41. The molecule has 0 bridgehead atoms. The maximum atomic E-state index is 13.2. The minimum absolute atomic E-state index is 0.0678. The number of halogens is 1. The predicted molar refractivity (Wildman–Crippen MR) is 121 cm³/mol. The quantitative estimate of drug-likeness (QED) is 0.412. The fourth-order valence-corrected chi connectivity index (χ4v) is 4.33. The largest absolute Gasteiger partial charge is 0.497 e. The van der Waals surface area contributed by atoms with E-state index in [-0.39, 0.29) is 4.90 Å². The van der Waals surface area contributed by atoms with Crippen molar-refractivity contribution < 1.29 is 17.9 Å². The van der Waals surface area contributed by atoms with Crippen molar-refractivity contribution in [3.8, 4) is 5.75 Å². The van der Waals surface area contributed by atoms with Crippen molar-refractivity contribution in [2.75, 3.05) is 18.0 Å². The summed E-state index contributed by atoms with van der Waals surface area (Å²) in [6.45, 7) is -0.469. The summed E-state index contributed by atoms with van der Waals surface area (Å²) in [5, 5.41) is 4.36. The number of amides is 1. The zero-order valence-corrected chi connectivity index (χ0v) is 18.2. The average molecular weight is 458 g/mol. The van der Waals surface area contributed by atoms with Gasteiger partial charge in [0.2, 0.25) is 0 Å². The summed E-state index contributed by atoms with van der Waals surface area (Å²) in [5.41, 5.74) is 3.28. The van der Waals surface area contributed by atoms with E-state index in [2.05, 4.69) is 10.5 Å². The van der Waals surface area contributed by atoms with Crippen LogP contribution in [-0.4, -0.2) is 34.2 Å². The molecule has 0 spiro atoms. The number of nitrogens with one attached hydrogen (secondary N) is 1. The molecule has 31 heavy (non-hydrogen) atoms. The van der Waals surface area contributed by atoms with E-state index in [0.717, 1.165) is 4.31 Å². The van der Waals surface area contributed by atoms with Crippen molar-refractivity contribution in [3.63, 3.8) is 0 Å². The zero-order valence-electron chi connectivity index (χ0n) is 16.6. The molecule has 3 aromatic carbocycles. The molecule has 160 valence electrons. The number of hydrogen-bond acceptors (Lipinski definition) is 5. The van der Waals surface area contributed by atoms with Crippen molar-refractivity contribution >= 4 is 39.4 Å². The highest BCUT2D eigenvalue weighted by atomic mass is 35.5. The van der Waals surface area contributed by atoms with Crippen LogP contribution in [0.4, 0.5) is 5.69 Å². The lowest BCUT2D eigenvalue weighted by molar-refractivity contribution is -0.119. The Kier molecular flexibility index (Phi) is 7.28. The SMILES string of the molecule is COc1ccc(N(CC(=O)N/N=C/c2ccccc2Cl)S(=O)(=O)c2ccccc2)cc1. The van der Waals surface area contributed by atoms with Crippen LogP contribution in [0.1, 0.15) is 5.56 Å². The number of nitrogens with zero attached hydrogens (tertiary/aromatic N) is 2. The number of carbonyl (C=O) groups excluding carboxylic acids is 1. The van der Waals surface area contributed by atoms with Crippen LogP contribution in [0.25, 0.3) is 0 Å². The topological polar surface area (TPSA) is 88.1 Å². The average Bonchev–Trinajstić information content (AvgIpc) is 2.79. The summed E-state index contributed by atoms with van der Waals surface area (Å²) < 4.78 is 32.6. The lowest BCUT2D eigenvalue weighted by Crippen LogP contribution is -2.39. The standard InChI is InChI=1S/C22H20ClN3O4S/c1-30-19-13-11-18(12-14-19)26(31(28,29)20-8-3-2-4-9-20)16-22(27)25-24-15-17-7-5-6-10-21(17)23/h2-15H,16H2,1H3,(H,25,27)/b24-15+. The molecule has 0 fully saturated rings. The van der Waals surface area contributed by atoms with Crippen molar-refractivity contribution in [2.24, 2.45) is 5.10 Å². The molecular weight excluding hydrogens is 438 g/mol. The highest BCUT2D eigenvalue weighted by Crippen LogP contribution is 2.25. The second kappa shape index (κ2) is 10.1. The van der Waals surface area contributed by atoms with Crippen molar-refractivity contribution in [1.29, 1.82) is 0 Å². The zero-order chi connectivity index (χ0) is 22.3. The lowest BCUT2D eigenvalue weighted by atomic mass is 10.2. The van der Waals surface area contributed by atoms with E-state index in [4.69, 9.17) is 16.3 Å². The van der Waals surface area contributed by atoms with Gasteiger partial charge >= 0.3 is 0 Å². The first kappa shape index (κ1) is 22.3. The number of rotatable bonds is 8. The lowest BCUT2D eigenvalue weighted by Gasteiger charge is -2.23. The molecule has 0 saturated heterocycles. The van der Waals surface area contributed by atoms with Crippen LogP contribution in [0, 0.1) is 0 Å². The van der Waals surface area contributed by atoms with Crippen LogP contribution in [0.5, 0.6) is 5.75 Å². The molecule has 0 heterocycles. The molecule has 0 atom stereocenters. The number of hydrazone groups is 1. The van der Waals surface area contributed by atoms with Crippen LogP contribution >= 0.6 is 11.6 Å². The summed E-state index contributed by atoms with van der Waals surface area (Å²) >= 11 is 6.05. The van der Waals surface area contributed by atoms with Gasteiger partial charge in [-0.2, -0.15) is 5.10 Å². The molecule has 1 N–H and O–H groups in total. The Balaban J connectivity index is 1.84. The Hall–Kier alpha value is -3.36. The van der Waals surface area contributed by atoms with Crippen LogP contribution < -0.4 is 14.5 Å². The summed E-state index contributed by atoms with van der Waals surface area (Å²) in [6.07, 6.45) is 1.39. The van der Waals surface area contributed by atoms with E-state index in [1.165, 1.54) is 25.5 Å². The van der Waals surface area contributed by atoms with E-state index in [1.54, 1.807) is 66.7 Å². The minimum atomic E-state index is -3.99. The number of carbonyl (C=O) groups is 1. The molecule has 3 aromatic rings. The molecule has 7 nitrogen and oxygen atoms in total. The van der Waals surface area contributed by atoms with Gasteiger partial charge in [0.15, 0.2) is 0 Å². The van der Waals surface area contributed by atoms with Crippen LogP contribution in [0.2, 0.25) is 5.02 Å². The second-order valence-corrected chi connectivity index (χ2v) is 8.61. The fraction of sp³-hybridized carbons (Fsp3) is 0.0909. The molecule has 0 radical (unpaired) electrons. The number of anilines is 1. The molecule has 0 saturated carbocycles. The minimum Gasteiger partial charge on any atom is -0.497 e. The van der Waals surface area contributed by atoms with E-state index < -0.39 is 22.5 Å². The van der Waals surface area contributed by atoms with Gasteiger partial charge in [0.1, 0.15) is 12.3 Å². The van der Waals surface area contributed by atoms with Crippen LogP contribution in [0.15, 0.2) is 88.9 Å². The van der Waals surface area contributed by atoms with E-state index in [0.29, 0.717) is 22.0 Å². The normalized spacial score (nSPS) is 11.3. The second-order valence-electron chi connectivity index (χ2n) is 6.34. The third kappa shape index (κ3) is 5.62. The number of methoxy groups -OCH3 is 1. The van der Waals surface area contributed by atoms with Gasteiger partial charge in [0.05, 0.1) is 23.9 Å². The molecule has 0 aliphatic rings. The van der Waals surface area contributed by atoms with Crippen molar-refractivity contribution in [2.45, 2.75) is 4.90 Å². The Morgan fingerprint density at radius 3 is 2.32 bits per heavy atom. The number of sulfonamides is 1. The molecular formula is C22H20ClN3O4S. The molecule has 3 rings (SSSR count). The Bertz CT molecular complexity index is 1170. The molecule has 0 unspecified atom stereocenters. The van der Waals surface area contributed by atoms with Gasteiger partial charge in [0.25, 0.3) is 15.9 Å². The summed E-state index contributed by atoms with van der Waals surface area (Å²) in [4.78, 5) is 12.6. The van der Waals surface area contributed by atoms with Gasteiger partial charge in [-0.1, -0.05) is 48.0 Å². The fourth-order valence-electron chi connectivity index (χ4n) is 2.70. The van der Waals surface area contributed by atoms with Gasteiger partial charge in [-0.05, 0) is 42.5 Å². The first-order valence-corrected chi connectivity index (χ1v) is 11.0. The van der Waals surface area contributed by atoms with Crippen LogP contribution in [0.3, 0.4) is 0 Å². The maximum absolute atomic E-state index is 13.2. The highest BCUT2D eigenvalue weighted by Gasteiger charge is 2.27. The van der Waals surface area contributed by atoms with E-state index in [1.807, 2.05) is 0 Å². The highest BCUT2D eigenvalue weighted by molar-refractivity contribution is 7.92. The first-order chi connectivity index (χ1) is 14.9. The summed E-state index contributed by atoms with van der Waals surface area (Å²) in [5.74, 6) is -0.0479. The molecule has 0 aliphatic heterocycles. The van der Waals surface area contributed by atoms with Gasteiger partial charge in [0, 0.05) is 10.6 Å². The van der Waals surface area contributed by atoms with Gasteiger partial charge < -0.3 is 4.74 Å². The maximum Gasteiger partial charge on any atom is 0.264 e. The van der Waals surface area contributed by atoms with E-state index in [9.17, 15) is 13.2 Å². The Morgan fingerprint density at radius 1 is 1.03 bits per heavy atom. The monoisotopic (exact) mass is 457 g/mol. The van der Waals surface area contributed by atoms with Gasteiger partial charge in [-0.15, -0.1) is 0 Å². The number of hydrogen-bond donors (Lipinski definition) is 1. The smallest absolute Gasteiger partial charge is 0.264 e. The predicted octanol–water partition coefficient (Wildman–Crippen LogP) is 3.69.